The van der Waals surface area contributed by atoms with Crippen LogP contribution in [0.5, 0.6) is 5.75 Å². The van der Waals surface area contributed by atoms with Crippen molar-refractivity contribution < 1.29 is 9.90 Å². The van der Waals surface area contributed by atoms with Crippen LogP contribution in [-0.2, 0) is 11.2 Å². The van der Waals surface area contributed by atoms with Gasteiger partial charge in [-0.05, 0) is 53.2 Å². The molecule has 1 aromatic heterocycles. The number of phenolic OH excluding ortho intramolecular Hbond substituents is 1. The lowest BCUT2D eigenvalue weighted by Gasteiger charge is -2.08. The van der Waals surface area contributed by atoms with E-state index in [0.29, 0.717) is 10.7 Å². The molecule has 6 N–H and O–H groups in total. The number of hydrogen-bond acceptors (Lipinski definition) is 6. The lowest BCUT2D eigenvalue weighted by molar-refractivity contribution is -0.114. The van der Waals surface area contributed by atoms with Crippen LogP contribution in [0.3, 0.4) is 0 Å². The van der Waals surface area contributed by atoms with Crippen LogP contribution < -0.4 is 16.8 Å². The van der Waals surface area contributed by atoms with Gasteiger partial charge in [0.25, 0.3) is 0 Å². The SMILES string of the molecule is CC(=O)Nc1ccc2nsc(N)c2c1.CCc1cc2ccccc2c(N)c1O. The highest BCUT2D eigenvalue weighted by Gasteiger charge is 2.07. The minimum atomic E-state index is -0.0916. The first-order chi connectivity index (χ1) is 13.4. The molecular weight excluding hydrogens is 372 g/mol. The van der Waals surface area contributed by atoms with Crippen molar-refractivity contribution in [3.05, 3.63) is 54.1 Å². The highest BCUT2D eigenvalue weighted by molar-refractivity contribution is 7.11. The first-order valence-electron chi connectivity index (χ1n) is 8.82. The number of carbonyl (C=O) groups excluding carboxylic acids is 1. The lowest BCUT2D eigenvalue weighted by Crippen LogP contribution is -2.05. The van der Waals surface area contributed by atoms with Gasteiger partial charge >= 0.3 is 0 Å². The Kier molecular flexibility index (Phi) is 5.65. The molecule has 4 aromatic rings. The summed E-state index contributed by atoms with van der Waals surface area (Å²) in [6.45, 7) is 3.47. The number of nitrogens with one attached hydrogen (secondary N) is 1. The average molecular weight is 395 g/mol. The van der Waals surface area contributed by atoms with Crippen LogP contribution in [0.25, 0.3) is 21.7 Å². The Morgan fingerprint density at radius 2 is 1.89 bits per heavy atom. The summed E-state index contributed by atoms with van der Waals surface area (Å²) < 4.78 is 4.14. The Labute approximate surface area is 167 Å². The van der Waals surface area contributed by atoms with E-state index in [1.807, 2.05) is 55.5 Å². The van der Waals surface area contributed by atoms with Crippen molar-refractivity contribution in [1.82, 2.24) is 4.37 Å². The Morgan fingerprint density at radius 3 is 2.61 bits per heavy atom. The van der Waals surface area contributed by atoms with Crippen molar-refractivity contribution in [2.75, 3.05) is 16.8 Å². The highest BCUT2D eigenvalue weighted by Crippen LogP contribution is 2.33. The average Bonchev–Trinajstić information content (AvgIpc) is 3.05. The summed E-state index contributed by atoms with van der Waals surface area (Å²) in [5.41, 5.74) is 14.6. The Balaban J connectivity index is 0.000000161. The summed E-state index contributed by atoms with van der Waals surface area (Å²) in [7, 11) is 0. The molecule has 0 saturated heterocycles. The topological polar surface area (TPSA) is 114 Å². The van der Waals surface area contributed by atoms with E-state index in [0.717, 1.165) is 39.3 Å². The van der Waals surface area contributed by atoms with Crippen molar-refractivity contribution in [3.8, 4) is 5.75 Å². The molecule has 0 bridgehead atoms. The number of carbonyl (C=O) groups is 1. The van der Waals surface area contributed by atoms with Crippen LogP contribution in [0, 0.1) is 0 Å². The Hall–Kier alpha value is -3.32. The maximum atomic E-state index is 10.8. The second kappa shape index (κ2) is 8.14. The third-order valence-corrected chi connectivity index (χ3v) is 5.05. The van der Waals surface area contributed by atoms with Gasteiger partial charge < -0.3 is 21.9 Å². The molecule has 0 aliphatic carbocycles. The van der Waals surface area contributed by atoms with Crippen molar-refractivity contribution in [2.24, 2.45) is 0 Å². The van der Waals surface area contributed by atoms with E-state index < -0.39 is 0 Å². The largest absolute Gasteiger partial charge is 0.505 e. The van der Waals surface area contributed by atoms with Crippen LogP contribution >= 0.6 is 11.5 Å². The number of fused-ring (bicyclic) bond motifs is 2. The molecule has 28 heavy (non-hydrogen) atoms. The van der Waals surface area contributed by atoms with E-state index >= 15 is 0 Å². The van der Waals surface area contributed by atoms with E-state index in [4.69, 9.17) is 11.5 Å². The second-order valence-corrected chi connectivity index (χ2v) is 7.14. The van der Waals surface area contributed by atoms with E-state index in [2.05, 4.69) is 9.69 Å². The van der Waals surface area contributed by atoms with E-state index in [9.17, 15) is 9.90 Å². The molecule has 0 unspecified atom stereocenters. The van der Waals surface area contributed by atoms with Gasteiger partial charge in [-0.3, -0.25) is 4.79 Å². The van der Waals surface area contributed by atoms with Crippen LogP contribution in [-0.4, -0.2) is 15.4 Å². The Bertz CT molecular complexity index is 1150. The zero-order chi connectivity index (χ0) is 20.3. The molecule has 7 heteroatoms. The fraction of sp³-hybridized carbons (Fsp3) is 0.143. The fourth-order valence-corrected chi connectivity index (χ4v) is 3.55. The molecule has 0 radical (unpaired) electrons. The first-order valence-corrected chi connectivity index (χ1v) is 9.59. The van der Waals surface area contributed by atoms with Gasteiger partial charge in [-0.1, -0.05) is 31.2 Å². The van der Waals surface area contributed by atoms with Gasteiger partial charge in [0.2, 0.25) is 5.91 Å². The van der Waals surface area contributed by atoms with E-state index in [-0.39, 0.29) is 11.7 Å². The number of aryl methyl sites for hydroxylation is 1. The maximum Gasteiger partial charge on any atom is 0.221 e. The van der Waals surface area contributed by atoms with Gasteiger partial charge in [0, 0.05) is 23.4 Å². The molecule has 1 heterocycles. The van der Waals surface area contributed by atoms with Gasteiger partial charge in [-0.25, -0.2) is 0 Å². The zero-order valence-electron chi connectivity index (χ0n) is 15.7. The van der Waals surface area contributed by atoms with Crippen LogP contribution in [0.2, 0.25) is 0 Å². The Morgan fingerprint density at radius 1 is 1.14 bits per heavy atom. The second-order valence-electron chi connectivity index (χ2n) is 6.33. The number of hydrogen-bond donors (Lipinski definition) is 4. The number of aromatic nitrogens is 1. The minimum Gasteiger partial charge on any atom is -0.505 e. The molecule has 1 amide bonds. The summed E-state index contributed by atoms with van der Waals surface area (Å²) in [6.07, 6.45) is 0.793. The van der Waals surface area contributed by atoms with Gasteiger partial charge in [0.1, 0.15) is 10.8 Å². The van der Waals surface area contributed by atoms with Crippen LogP contribution in [0.1, 0.15) is 19.4 Å². The molecular formula is C21H22N4O2S. The third kappa shape index (κ3) is 3.99. The van der Waals surface area contributed by atoms with Crippen LogP contribution in [0.15, 0.2) is 48.5 Å². The third-order valence-electron chi connectivity index (χ3n) is 4.35. The van der Waals surface area contributed by atoms with E-state index in [1.54, 1.807) is 0 Å². The predicted molar refractivity (Wildman–Crippen MR) is 118 cm³/mol. The molecule has 6 nitrogen and oxygen atoms in total. The monoisotopic (exact) mass is 394 g/mol. The number of benzene rings is 3. The van der Waals surface area contributed by atoms with Crippen molar-refractivity contribution in [1.29, 1.82) is 0 Å². The molecule has 0 aliphatic heterocycles. The minimum absolute atomic E-state index is 0.0916. The number of nitrogens with two attached hydrogens (primary N) is 2. The van der Waals surface area contributed by atoms with Crippen molar-refractivity contribution >= 4 is 55.5 Å². The highest BCUT2D eigenvalue weighted by atomic mass is 32.1. The molecule has 144 valence electrons. The van der Waals surface area contributed by atoms with Crippen molar-refractivity contribution in [2.45, 2.75) is 20.3 Å². The molecule has 3 aromatic carbocycles. The quantitative estimate of drug-likeness (QED) is 0.295. The number of anilines is 3. The number of aromatic hydroxyl groups is 1. The van der Waals surface area contributed by atoms with Gasteiger partial charge in [0.15, 0.2) is 0 Å². The summed E-state index contributed by atoms with van der Waals surface area (Å²) in [5, 5.41) is 16.0. The van der Waals surface area contributed by atoms with Gasteiger partial charge in [0.05, 0.1) is 11.2 Å². The smallest absolute Gasteiger partial charge is 0.221 e. The van der Waals surface area contributed by atoms with E-state index in [1.165, 1.54) is 18.5 Å². The predicted octanol–water partition coefficient (Wildman–Crippen LogP) is 4.53. The fourth-order valence-electron chi connectivity index (χ4n) is 2.94. The summed E-state index contributed by atoms with van der Waals surface area (Å²) in [5.74, 6) is 0.136. The number of rotatable bonds is 2. The summed E-state index contributed by atoms with van der Waals surface area (Å²) in [4.78, 5) is 10.8. The number of amides is 1. The first kappa shape index (κ1) is 19.4. The number of nitrogens with zero attached hydrogens (tertiary/aromatic N) is 1. The number of nitrogen functional groups attached to an aromatic ring is 2. The van der Waals surface area contributed by atoms with Crippen LogP contribution in [0.4, 0.5) is 16.4 Å². The molecule has 0 saturated carbocycles. The number of phenols is 1. The summed E-state index contributed by atoms with van der Waals surface area (Å²) >= 11 is 1.26. The lowest BCUT2D eigenvalue weighted by atomic mass is 10.0. The van der Waals surface area contributed by atoms with Gasteiger partial charge in [-0.15, -0.1) is 0 Å². The standard InChI is InChI=1S/C12H13NO.C9H9N3OS/c1-2-8-7-9-5-3-4-6-10(9)11(13)12(8)14;1-5(13)11-6-2-3-8-7(4-6)9(10)14-12-8/h3-7,14H,2,13H2,1H3;2-4H,10H2,1H3,(H,11,13). The molecule has 4 rings (SSSR count). The van der Waals surface area contributed by atoms with Gasteiger partial charge in [-0.2, -0.15) is 4.37 Å². The molecule has 0 fully saturated rings. The summed E-state index contributed by atoms with van der Waals surface area (Å²) in [6, 6.07) is 15.3. The molecule has 0 spiro atoms. The van der Waals surface area contributed by atoms with Crippen molar-refractivity contribution in [3.63, 3.8) is 0 Å². The molecule has 0 aliphatic rings. The molecule has 0 atom stereocenters. The normalized spacial score (nSPS) is 10.5. The zero-order valence-corrected chi connectivity index (χ0v) is 16.5. The maximum absolute atomic E-state index is 10.8.